The number of aromatic hydroxyl groups is 2. The van der Waals surface area contributed by atoms with Gasteiger partial charge < -0.3 is 25.4 Å². The second-order valence-electron chi connectivity index (χ2n) is 4.95. The Morgan fingerprint density at radius 3 is 2.36 bits per heavy atom. The molecule has 0 saturated carbocycles. The van der Waals surface area contributed by atoms with Gasteiger partial charge in [-0.1, -0.05) is 12.1 Å². The normalized spacial score (nSPS) is 10.1. The van der Waals surface area contributed by atoms with Crippen LogP contribution in [-0.4, -0.2) is 41.1 Å². The number of ether oxygens (including phenoxy) is 2. The minimum absolute atomic E-state index is 0.0199. The summed E-state index contributed by atoms with van der Waals surface area (Å²) in [7, 11) is 0. The van der Waals surface area contributed by atoms with Gasteiger partial charge in [0.2, 0.25) is 5.78 Å². The molecule has 0 aliphatic heterocycles. The second kappa shape index (κ2) is 7.82. The van der Waals surface area contributed by atoms with Gasteiger partial charge in [-0.2, -0.15) is 0 Å². The first-order valence-corrected chi connectivity index (χ1v) is 7.11. The molecule has 0 aromatic heterocycles. The van der Waals surface area contributed by atoms with Crippen LogP contribution < -0.4 is 10.5 Å². The highest BCUT2D eigenvalue weighted by molar-refractivity contribution is 6.01. The molecule has 0 heterocycles. The molecule has 0 spiro atoms. The highest BCUT2D eigenvalue weighted by Crippen LogP contribution is 2.23. The topological polar surface area (TPSA) is 136 Å². The second-order valence-corrected chi connectivity index (χ2v) is 4.95. The molecule has 2 rings (SSSR count). The lowest BCUT2D eigenvalue weighted by Gasteiger charge is -2.10. The Kier molecular flexibility index (Phi) is 5.57. The predicted octanol–water partition coefficient (Wildman–Crippen LogP) is 1.00. The van der Waals surface area contributed by atoms with Crippen molar-refractivity contribution < 1.29 is 34.1 Å². The number of carbonyl (C=O) groups excluding carboxylic acids is 3. The molecule has 1 amide bonds. The van der Waals surface area contributed by atoms with Crippen molar-refractivity contribution in [2.45, 2.75) is 0 Å². The van der Waals surface area contributed by atoms with E-state index < -0.39 is 36.6 Å². The van der Waals surface area contributed by atoms with Gasteiger partial charge >= 0.3 is 5.97 Å². The Labute approximate surface area is 142 Å². The highest BCUT2D eigenvalue weighted by Gasteiger charge is 2.18. The molecule has 0 saturated heterocycles. The molecule has 0 radical (unpaired) electrons. The minimum Gasteiger partial charge on any atom is -0.508 e. The third-order valence-electron chi connectivity index (χ3n) is 3.09. The molecule has 4 N–H and O–H groups in total. The van der Waals surface area contributed by atoms with Crippen LogP contribution in [0, 0.1) is 0 Å². The van der Waals surface area contributed by atoms with Crippen LogP contribution in [0.15, 0.2) is 42.5 Å². The van der Waals surface area contributed by atoms with Gasteiger partial charge in [-0.05, 0) is 24.3 Å². The third-order valence-corrected chi connectivity index (χ3v) is 3.09. The SMILES string of the molecule is NC(=O)COc1ccccc1C(=O)OCC(=O)c1ccc(O)cc1O. The number of primary amides is 1. The lowest BCUT2D eigenvalue weighted by Crippen LogP contribution is -2.21. The van der Waals surface area contributed by atoms with Crippen molar-refractivity contribution in [2.24, 2.45) is 5.73 Å². The average Bonchev–Trinajstić information content (AvgIpc) is 2.57. The Morgan fingerprint density at radius 1 is 0.960 bits per heavy atom. The maximum absolute atomic E-state index is 12.1. The number of benzene rings is 2. The van der Waals surface area contributed by atoms with Gasteiger partial charge in [-0.3, -0.25) is 9.59 Å². The van der Waals surface area contributed by atoms with E-state index in [1.807, 2.05) is 0 Å². The first-order chi connectivity index (χ1) is 11.9. The Morgan fingerprint density at radius 2 is 1.68 bits per heavy atom. The van der Waals surface area contributed by atoms with Crippen molar-refractivity contribution in [3.8, 4) is 17.2 Å². The molecule has 8 heteroatoms. The number of esters is 1. The van der Waals surface area contributed by atoms with Crippen LogP contribution in [-0.2, 0) is 9.53 Å². The molecule has 0 bridgehead atoms. The van der Waals surface area contributed by atoms with Crippen molar-refractivity contribution in [1.29, 1.82) is 0 Å². The van der Waals surface area contributed by atoms with Crippen molar-refractivity contribution in [3.63, 3.8) is 0 Å². The van der Waals surface area contributed by atoms with Crippen LogP contribution in [0.5, 0.6) is 17.2 Å². The molecule has 0 unspecified atom stereocenters. The smallest absolute Gasteiger partial charge is 0.342 e. The van der Waals surface area contributed by atoms with Gasteiger partial charge in [0.25, 0.3) is 5.91 Å². The molecule has 8 nitrogen and oxygen atoms in total. The maximum Gasteiger partial charge on any atom is 0.342 e. The summed E-state index contributed by atoms with van der Waals surface area (Å²) in [5.74, 6) is -2.74. The number of nitrogens with two attached hydrogens (primary N) is 1. The van der Waals surface area contributed by atoms with E-state index in [0.717, 1.165) is 6.07 Å². The zero-order chi connectivity index (χ0) is 18.4. The Balaban J connectivity index is 2.05. The van der Waals surface area contributed by atoms with Gasteiger partial charge in [-0.15, -0.1) is 0 Å². The number of para-hydroxylation sites is 1. The summed E-state index contributed by atoms with van der Waals surface area (Å²) in [4.78, 5) is 34.9. The summed E-state index contributed by atoms with van der Waals surface area (Å²) >= 11 is 0. The van der Waals surface area contributed by atoms with Gasteiger partial charge in [0.05, 0.1) is 5.56 Å². The zero-order valence-electron chi connectivity index (χ0n) is 13.0. The molecular weight excluding hydrogens is 330 g/mol. The fraction of sp³-hybridized carbons (Fsp3) is 0.118. The largest absolute Gasteiger partial charge is 0.508 e. The van der Waals surface area contributed by atoms with Crippen molar-refractivity contribution in [3.05, 3.63) is 53.6 Å². The first kappa shape index (κ1) is 17.8. The van der Waals surface area contributed by atoms with E-state index in [9.17, 15) is 24.6 Å². The van der Waals surface area contributed by atoms with Crippen LogP contribution in [0.25, 0.3) is 0 Å². The monoisotopic (exact) mass is 345 g/mol. The highest BCUT2D eigenvalue weighted by atomic mass is 16.5. The van der Waals surface area contributed by atoms with Gasteiger partial charge in [0.1, 0.15) is 22.8 Å². The molecule has 0 aliphatic carbocycles. The summed E-state index contributed by atoms with van der Waals surface area (Å²) in [6, 6.07) is 9.44. The third kappa shape index (κ3) is 4.71. The van der Waals surface area contributed by atoms with E-state index in [-0.39, 0.29) is 22.6 Å². The van der Waals surface area contributed by atoms with Crippen molar-refractivity contribution >= 4 is 17.7 Å². The number of phenols is 2. The van der Waals surface area contributed by atoms with E-state index in [0.29, 0.717) is 0 Å². The summed E-state index contributed by atoms with van der Waals surface area (Å²) in [6.45, 7) is -1.04. The van der Waals surface area contributed by atoms with Gasteiger partial charge in [-0.25, -0.2) is 4.79 Å². The van der Waals surface area contributed by atoms with E-state index in [1.165, 1.54) is 24.3 Å². The van der Waals surface area contributed by atoms with E-state index in [2.05, 4.69) is 0 Å². The van der Waals surface area contributed by atoms with Crippen molar-refractivity contribution in [2.75, 3.05) is 13.2 Å². The fourth-order valence-electron chi connectivity index (χ4n) is 1.95. The standard InChI is InChI=1S/C17H15NO7/c18-16(22)9-24-15-4-2-1-3-12(15)17(23)25-8-14(21)11-6-5-10(19)7-13(11)20/h1-7,19-20H,8-9H2,(H2,18,22). The quantitative estimate of drug-likeness (QED) is 0.503. The average molecular weight is 345 g/mol. The number of rotatable bonds is 7. The number of carbonyl (C=O) groups is 3. The molecule has 25 heavy (non-hydrogen) atoms. The Hall–Kier alpha value is -3.55. The van der Waals surface area contributed by atoms with Crippen LogP contribution in [0.4, 0.5) is 0 Å². The molecule has 0 atom stereocenters. The predicted molar refractivity (Wildman–Crippen MR) is 85.5 cm³/mol. The number of hydrogen-bond acceptors (Lipinski definition) is 7. The summed E-state index contributed by atoms with van der Waals surface area (Å²) < 4.78 is 10.0. The Bertz CT molecular complexity index is 816. The van der Waals surface area contributed by atoms with E-state index in [1.54, 1.807) is 12.1 Å². The molecule has 0 fully saturated rings. The molecule has 0 aliphatic rings. The lowest BCUT2D eigenvalue weighted by atomic mass is 10.1. The maximum atomic E-state index is 12.1. The zero-order valence-corrected chi connectivity index (χ0v) is 13.0. The number of hydrogen-bond donors (Lipinski definition) is 3. The number of amides is 1. The van der Waals surface area contributed by atoms with Crippen LogP contribution in [0.3, 0.4) is 0 Å². The first-order valence-electron chi connectivity index (χ1n) is 7.11. The van der Waals surface area contributed by atoms with Crippen LogP contribution >= 0.6 is 0 Å². The van der Waals surface area contributed by atoms with E-state index >= 15 is 0 Å². The number of phenolic OH excluding ortho intramolecular Hbond substituents is 2. The van der Waals surface area contributed by atoms with Crippen LogP contribution in [0.2, 0.25) is 0 Å². The van der Waals surface area contributed by atoms with E-state index in [4.69, 9.17) is 15.2 Å². The summed E-state index contributed by atoms with van der Waals surface area (Å²) in [6.07, 6.45) is 0. The summed E-state index contributed by atoms with van der Waals surface area (Å²) in [5, 5.41) is 18.8. The van der Waals surface area contributed by atoms with Gasteiger partial charge in [0, 0.05) is 6.07 Å². The fourth-order valence-corrected chi connectivity index (χ4v) is 1.95. The molecule has 130 valence electrons. The molecule has 2 aromatic rings. The van der Waals surface area contributed by atoms with Crippen LogP contribution in [0.1, 0.15) is 20.7 Å². The van der Waals surface area contributed by atoms with Gasteiger partial charge in [0.15, 0.2) is 13.2 Å². The lowest BCUT2D eigenvalue weighted by molar-refractivity contribution is -0.119. The summed E-state index contributed by atoms with van der Waals surface area (Å²) in [5.41, 5.74) is 4.91. The number of Topliss-reactive ketones (excluding diaryl/α,β-unsaturated/α-hetero) is 1. The molecule has 2 aromatic carbocycles. The van der Waals surface area contributed by atoms with Crippen molar-refractivity contribution in [1.82, 2.24) is 0 Å². The minimum atomic E-state index is -0.841. The molecular formula is C17H15NO7. The number of ketones is 1.